The maximum atomic E-state index is 5.66. The summed E-state index contributed by atoms with van der Waals surface area (Å²) in [6, 6.07) is 8.11. The Balaban J connectivity index is 2.19. The average Bonchev–Trinajstić information content (AvgIpc) is 2.82. The van der Waals surface area contributed by atoms with Crippen LogP contribution in [0.5, 0.6) is 0 Å². The molecule has 0 unspecified atom stereocenters. The Labute approximate surface area is 96.3 Å². The third-order valence-corrected chi connectivity index (χ3v) is 4.51. The molecule has 3 aromatic rings. The minimum atomic E-state index is 0.215. The van der Waals surface area contributed by atoms with Crippen molar-refractivity contribution in [1.82, 2.24) is 9.97 Å². The number of hydrogen-bond acceptors (Lipinski definition) is 4. The number of hydrogen-bond donors (Lipinski definition) is 1. The monoisotopic (exact) mass is 281 g/mol. The summed E-state index contributed by atoms with van der Waals surface area (Å²) in [4.78, 5) is 10.9. The van der Waals surface area contributed by atoms with Crippen molar-refractivity contribution in [2.24, 2.45) is 0 Å². The van der Waals surface area contributed by atoms with Crippen LogP contribution < -0.4 is 5.73 Å². The summed E-state index contributed by atoms with van der Waals surface area (Å²) in [5.41, 5.74) is 7.63. The number of fused-ring (bicyclic) bond motifs is 1. The van der Waals surface area contributed by atoms with Crippen LogP contribution >= 0.6 is 11.3 Å². The second-order valence-electron chi connectivity index (χ2n) is 3.06. The zero-order valence-electron chi connectivity index (χ0n) is 7.68. The number of anilines is 1. The number of benzene rings is 1. The Bertz CT molecular complexity index is 581. The Hall–Kier alpha value is -1.16. The van der Waals surface area contributed by atoms with E-state index in [1.54, 1.807) is 11.3 Å². The van der Waals surface area contributed by atoms with E-state index in [2.05, 4.69) is 21.0 Å². The summed E-state index contributed by atoms with van der Waals surface area (Å²) in [5, 5.41) is 0.971. The van der Waals surface area contributed by atoms with Crippen molar-refractivity contribution < 1.29 is 0 Å². The van der Waals surface area contributed by atoms with Crippen LogP contribution in [0.4, 0.5) is 4.69 Å². The van der Waals surface area contributed by atoms with Gasteiger partial charge in [0.25, 0.3) is 0 Å². The zero-order chi connectivity index (χ0) is 10.3. The van der Waals surface area contributed by atoms with Crippen LogP contribution in [0, 0.1) is 0 Å². The topological polar surface area (TPSA) is 51.8 Å². The molecule has 15 heavy (non-hydrogen) atoms. The molecule has 0 saturated heterocycles. The standard InChI is InChI=1S/C10H7N3SSe/c11-10-13-7(5-15-10)9-12-6-3-1-2-4-8(6)14-9/h1-5H,(H2,11,13). The molecule has 2 heterocycles. The molecule has 2 N–H and O–H groups in total. The molecule has 0 fully saturated rings. The van der Waals surface area contributed by atoms with Gasteiger partial charge in [0.05, 0.1) is 0 Å². The fourth-order valence-electron chi connectivity index (χ4n) is 1.37. The van der Waals surface area contributed by atoms with Gasteiger partial charge in [0, 0.05) is 0 Å². The van der Waals surface area contributed by atoms with E-state index in [0.29, 0.717) is 0 Å². The third-order valence-electron chi connectivity index (χ3n) is 2.03. The van der Waals surface area contributed by atoms with Gasteiger partial charge in [-0.05, 0) is 0 Å². The first-order valence-corrected chi connectivity index (χ1v) is 7.06. The Morgan fingerprint density at radius 1 is 1.20 bits per heavy atom. The van der Waals surface area contributed by atoms with E-state index >= 15 is 0 Å². The summed E-state index contributed by atoms with van der Waals surface area (Å²) in [6.45, 7) is 0. The van der Waals surface area contributed by atoms with E-state index in [1.165, 1.54) is 4.70 Å². The molecule has 1 aromatic carbocycles. The number of thiazole rings is 1. The van der Waals surface area contributed by atoms with Gasteiger partial charge in [-0.25, -0.2) is 0 Å². The quantitative estimate of drug-likeness (QED) is 0.694. The van der Waals surface area contributed by atoms with E-state index in [0.717, 1.165) is 20.9 Å². The van der Waals surface area contributed by atoms with Crippen molar-refractivity contribution in [1.29, 1.82) is 0 Å². The van der Waals surface area contributed by atoms with Gasteiger partial charge in [0.2, 0.25) is 0 Å². The molecular weight excluding hydrogens is 273 g/mol. The molecule has 0 amide bonds. The fourth-order valence-corrected chi connectivity index (χ4v) is 3.61. The van der Waals surface area contributed by atoms with Crippen molar-refractivity contribution in [3.05, 3.63) is 29.2 Å². The van der Waals surface area contributed by atoms with Crippen molar-refractivity contribution in [3.63, 3.8) is 0 Å². The van der Waals surface area contributed by atoms with Crippen LogP contribution in [0.15, 0.2) is 29.2 Å². The van der Waals surface area contributed by atoms with E-state index in [9.17, 15) is 0 Å². The van der Waals surface area contributed by atoms with Crippen LogP contribution in [0.3, 0.4) is 0 Å². The molecule has 0 atom stereocenters. The molecule has 0 radical (unpaired) electrons. The van der Waals surface area contributed by atoms with Crippen LogP contribution in [-0.2, 0) is 0 Å². The molecule has 2 aromatic heterocycles. The van der Waals surface area contributed by atoms with Crippen molar-refractivity contribution in [2.45, 2.75) is 0 Å². The molecular formula is C10H7N3SSe. The predicted molar refractivity (Wildman–Crippen MR) is 64.2 cm³/mol. The fraction of sp³-hybridized carbons (Fsp3) is 0. The molecule has 3 nitrogen and oxygen atoms in total. The normalized spacial score (nSPS) is 10.9. The summed E-state index contributed by atoms with van der Waals surface area (Å²) >= 11 is 1.88. The van der Waals surface area contributed by atoms with Crippen molar-refractivity contribution >= 4 is 40.7 Å². The summed E-state index contributed by atoms with van der Waals surface area (Å²) in [6.07, 6.45) is 0. The van der Waals surface area contributed by atoms with Gasteiger partial charge >= 0.3 is 96.4 Å². The number of aromatic nitrogens is 2. The number of rotatable bonds is 1. The second-order valence-corrected chi connectivity index (χ2v) is 5.95. The van der Waals surface area contributed by atoms with Crippen LogP contribution in [-0.4, -0.2) is 24.5 Å². The second kappa shape index (κ2) is 3.45. The zero-order valence-corrected chi connectivity index (χ0v) is 10.2. The Morgan fingerprint density at radius 2 is 2.07 bits per heavy atom. The van der Waals surface area contributed by atoms with Crippen LogP contribution in [0.1, 0.15) is 0 Å². The van der Waals surface area contributed by atoms with Gasteiger partial charge in [0.15, 0.2) is 0 Å². The van der Waals surface area contributed by atoms with E-state index < -0.39 is 0 Å². The SMILES string of the molecule is Nc1nc(-c2nc3ccccc3s2)c[se]1. The third kappa shape index (κ3) is 1.59. The van der Waals surface area contributed by atoms with Gasteiger partial charge in [-0.3, -0.25) is 0 Å². The molecule has 0 aliphatic carbocycles. The van der Waals surface area contributed by atoms with E-state index in [-0.39, 0.29) is 14.5 Å². The van der Waals surface area contributed by atoms with Crippen LogP contribution in [0.25, 0.3) is 20.9 Å². The summed E-state index contributed by atoms with van der Waals surface area (Å²) in [5.74, 6) is 0. The van der Waals surface area contributed by atoms with Crippen molar-refractivity contribution in [3.8, 4) is 10.7 Å². The number of nitrogens with zero attached hydrogens (tertiary/aromatic N) is 2. The number of nitrogens with two attached hydrogens (primary N) is 1. The molecule has 5 heteroatoms. The summed E-state index contributed by atoms with van der Waals surface area (Å²) in [7, 11) is 0. The average molecular weight is 280 g/mol. The van der Waals surface area contributed by atoms with Crippen LogP contribution in [0.2, 0.25) is 0 Å². The molecule has 0 spiro atoms. The number of nitrogen functional groups attached to an aromatic ring is 1. The first-order chi connectivity index (χ1) is 7.33. The van der Waals surface area contributed by atoms with Gasteiger partial charge in [-0.2, -0.15) is 0 Å². The number of para-hydroxylation sites is 1. The Morgan fingerprint density at radius 3 is 2.80 bits per heavy atom. The molecule has 0 saturated carbocycles. The van der Waals surface area contributed by atoms with Gasteiger partial charge in [-0.15, -0.1) is 0 Å². The van der Waals surface area contributed by atoms with E-state index in [4.69, 9.17) is 5.73 Å². The first kappa shape index (κ1) is 9.09. The molecule has 74 valence electrons. The van der Waals surface area contributed by atoms with Gasteiger partial charge in [0.1, 0.15) is 0 Å². The van der Waals surface area contributed by atoms with E-state index in [1.807, 2.05) is 18.2 Å². The predicted octanol–water partition coefficient (Wildman–Crippen LogP) is 2.00. The van der Waals surface area contributed by atoms with Crippen molar-refractivity contribution in [2.75, 3.05) is 5.73 Å². The summed E-state index contributed by atoms with van der Waals surface area (Å²) < 4.78 is 1.93. The Kier molecular flexibility index (Phi) is 2.09. The van der Waals surface area contributed by atoms with Gasteiger partial charge in [-0.1, -0.05) is 0 Å². The maximum absolute atomic E-state index is 5.66. The molecule has 3 rings (SSSR count). The molecule has 0 bridgehead atoms. The minimum absolute atomic E-state index is 0.215. The first-order valence-electron chi connectivity index (χ1n) is 4.40. The molecule has 0 aliphatic rings. The molecule has 0 aliphatic heterocycles. The van der Waals surface area contributed by atoms with Gasteiger partial charge < -0.3 is 0 Å².